The molecule has 1 aliphatic carbocycles. The van der Waals surface area contributed by atoms with Crippen LogP contribution in [0.15, 0.2) is 23.2 Å². The highest BCUT2D eigenvalue weighted by Gasteiger charge is 2.34. The molecule has 0 saturated heterocycles. The molecule has 0 atom stereocenters. The van der Waals surface area contributed by atoms with Crippen LogP contribution in [0.3, 0.4) is 0 Å². The Morgan fingerprint density at radius 3 is 2.38 bits per heavy atom. The Hall–Kier alpha value is -1.95. The average molecular weight is 364 g/mol. The van der Waals surface area contributed by atoms with Crippen molar-refractivity contribution in [2.24, 2.45) is 4.99 Å². The minimum atomic E-state index is 0.0800. The number of benzene rings is 1. The van der Waals surface area contributed by atoms with Crippen molar-refractivity contribution >= 4 is 5.96 Å². The molecule has 6 heteroatoms. The van der Waals surface area contributed by atoms with Gasteiger partial charge >= 0.3 is 0 Å². The Morgan fingerprint density at radius 2 is 1.77 bits per heavy atom. The van der Waals surface area contributed by atoms with Gasteiger partial charge in [-0.15, -0.1) is 0 Å². The molecular weight excluding hydrogens is 330 g/mol. The second-order valence-corrected chi connectivity index (χ2v) is 6.76. The lowest BCUT2D eigenvalue weighted by Crippen LogP contribution is -2.47. The Labute approximate surface area is 157 Å². The van der Waals surface area contributed by atoms with Crippen LogP contribution in [0.4, 0.5) is 0 Å². The summed E-state index contributed by atoms with van der Waals surface area (Å²) in [7, 11) is 6.86. The minimum absolute atomic E-state index is 0.0800. The smallest absolute Gasteiger partial charge is 0.191 e. The maximum Gasteiger partial charge on any atom is 0.191 e. The number of ether oxygens (including phenoxy) is 3. The molecule has 0 amide bonds. The summed E-state index contributed by atoms with van der Waals surface area (Å²) in [6, 6.07) is 6.32. The molecule has 0 unspecified atom stereocenters. The molecule has 2 N–H and O–H groups in total. The molecule has 6 nitrogen and oxygen atoms in total. The van der Waals surface area contributed by atoms with Crippen molar-refractivity contribution in [1.29, 1.82) is 0 Å². The minimum Gasteiger partial charge on any atom is -0.493 e. The molecule has 1 saturated carbocycles. The van der Waals surface area contributed by atoms with Crippen LogP contribution >= 0.6 is 0 Å². The van der Waals surface area contributed by atoms with Crippen molar-refractivity contribution < 1.29 is 14.2 Å². The zero-order valence-corrected chi connectivity index (χ0v) is 16.6. The van der Waals surface area contributed by atoms with Gasteiger partial charge in [0, 0.05) is 32.7 Å². The predicted molar refractivity (Wildman–Crippen MR) is 106 cm³/mol. The molecule has 146 valence electrons. The molecule has 26 heavy (non-hydrogen) atoms. The highest BCUT2D eigenvalue weighted by atomic mass is 16.5. The quantitative estimate of drug-likeness (QED) is 0.422. The maximum absolute atomic E-state index is 5.53. The van der Waals surface area contributed by atoms with Crippen LogP contribution in [0.5, 0.6) is 11.5 Å². The second-order valence-electron chi connectivity index (χ2n) is 6.76. The Morgan fingerprint density at radius 1 is 1.04 bits per heavy atom. The number of aliphatic imine (C=N–C) groups is 1. The number of methoxy groups -OCH3 is 3. The van der Waals surface area contributed by atoms with E-state index in [0.717, 1.165) is 43.4 Å². The molecule has 1 aliphatic rings. The summed E-state index contributed by atoms with van der Waals surface area (Å²) in [5, 5.41) is 6.80. The van der Waals surface area contributed by atoms with Crippen molar-refractivity contribution in [3.8, 4) is 11.5 Å². The lowest BCUT2D eigenvalue weighted by molar-refractivity contribution is 0.203. The van der Waals surface area contributed by atoms with Gasteiger partial charge in [-0.25, -0.2) is 0 Å². The first-order valence-corrected chi connectivity index (χ1v) is 9.35. The number of guanidine groups is 1. The lowest BCUT2D eigenvalue weighted by atomic mass is 9.69. The van der Waals surface area contributed by atoms with E-state index in [-0.39, 0.29) is 5.41 Å². The van der Waals surface area contributed by atoms with Gasteiger partial charge in [0.15, 0.2) is 17.5 Å². The van der Waals surface area contributed by atoms with Gasteiger partial charge in [0.1, 0.15) is 0 Å². The van der Waals surface area contributed by atoms with E-state index in [1.165, 1.54) is 24.8 Å². The van der Waals surface area contributed by atoms with Crippen molar-refractivity contribution in [1.82, 2.24) is 10.6 Å². The van der Waals surface area contributed by atoms with E-state index < -0.39 is 0 Å². The molecule has 0 aliphatic heterocycles. The predicted octanol–water partition coefficient (Wildman–Crippen LogP) is 2.72. The third kappa shape index (κ3) is 5.04. The third-order valence-electron chi connectivity index (χ3n) is 5.22. The van der Waals surface area contributed by atoms with E-state index >= 15 is 0 Å². The van der Waals surface area contributed by atoms with E-state index in [0.29, 0.717) is 6.61 Å². The van der Waals surface area contributed by atoms with Gasteiger partial charge in [-0.1, -0.05) is 25.3 Å². The summed E-state index contributed by atoms with van der Waals surface area (Å²) in [4.78, 5) is 4.32. The molecular formula is C20H33N3O3. The zero-order valence-electron chi connectivity index (χ0n) is 16.6. The van der Waals surface area contributed by atoms with Crippen LogP contribution in [-0.4, -0.2) is 54.0 Å². The molecule has 0 heterocycles. The monoisotopic (exact) mass is 363 g/mol. The van der Waals surface area contributed by atoms with Crippen LogP contribution in [0.1, 0.15) is 37.7 Å². The normalized spacial score (nSPS) is 16.8. The van der Waals surface area contributed by atoms with Gasteiger partial charge in [-0.2, -0.15) is 0 Å². The molecule has 0 bridgehead atoms. The standard InChI is InChI=1S/C20H33N3O3/c1-21-19(22-12-13-24-2)23-15-20(10-6-5-7-11-20)16-8-9-17(25-3)18(14-16)26-4/h8-9,14H,5-7,10-13,15H2,1-4H3,(H2,21,22,23). The topological polar surface area (TPSA) is 64.1 Å². The summed E-state index contributed by atoms with van der Waals surface area (Å²) in [5.41, 5.74) is 1.38. The molecule has 0 spiro atoms. The Balaban J connectivity index is 2.17. The lowest BCUT2D eigenvalue weighted by Gasteiger charge is -2.38. The highest BCUT2D eigenvalue weighted by molar-refractivity contribution is 5.79. The van der Waals surface area contributed by atoms with Gasteiger partial charge < -0.3 is 24.8 Å². The summed E-state index contributed by atoms with van der Waals surface area (Å²) in [6.07, 6.45) is 6.10. The van der Waals surface area contributed by atoms with E-state index in [1.807, 2.05) is 6.07 Å². The number of rotatable bonds is 8. The first kappa shape index (κ1) is 20.4. The van der Waals surface area contributed by atoms with Crippen LogP contribution in [0.2, 0.25) is 0 Å². The Bertz CT molecular complexity index is 584. The molecule has 0 aromatic heterocycles. The van der Waals surface area contributed by atoms with Crippen LogP contribution < -0.4 is 20.1 Å². The second kappa shape index (κ2) is 10.3. The number of hydrogen-bond donors (Lipinski definition) is 2. The van der Waals surface area contributed by atoms with E-state index in [9.17, 15) is 0 Å². The van der Waals surface area contributed by atoms with E-state index in [2.05, 4.69) is 27.8 Å². The highest BCUT2D eigenvalue weighted by Crippen LogP contribution is 2.42. The first-order chi connectivity index (χ1) is 12.7. The first-order valence-electron chi connectivity index (χ1n) is 9.35. The Kier molecular flexibility index (Phi) is 8.04. The largest absolute Gasteiger partial charge is 0.493 e. The number of nitrogens with zero attached hydrogens (tertiary/aromatic N) is 1. The van der Waals surface area contributed by atoms with Crippen LogP contribution in [0, 0.1) is 0 Å². The van der Waals surface area contributed by atoms with Crippen molar-refractivity contribution in [3.63, 3.8) is 0 Å². The molecule has 1 aromatic carbocycles. The maximum atomic E-state index is 5.53. The fourth-order valence-electron chi connectivity index (χ4n) is 3.71. The van der Waals surface area contributed by atoms with Gasteiger partial charge in [0.25, 0.3) is 0 Å². The fourth-order valence-corrected chi connectivity index (χ4v) is 3.71. The van der Waals surface area contributed by atoms with Crippen molar-refractivity contribution in [2.75, 3.05) is 48.1 Å². The summed E-state index contributed by atoms with van der Waals surface area (Å²) in [6.45, 7) is 2.23. The fraction of sp³-hybridized carbons (Fsp3) is 0.650. The summed E-state index contributed by atoms with van der Waals surface area (Å²) < 4.78 is 16.0. The third-order valence-corrected chi connectivity index (χ3v) is 5.22. The summed E-state index contributed by atoms with van der Waals surface area (Å²) >= 11 is 0. The van der Waals surface area contributed by atoms with Gasteiger partial charge in [-0.3, -0.25) is 4.99 Å². The number of nitrogens with one attached hydrogen (secondary N) is 2. The van der Waals surface area contributed by atoms with Crippen molar-refractivity contribution in [3.05, 3.63) is 23.8 Å². The number of hydrogen-bond acceptors (Lipinski definition) is 4. The van der Waals surface area contributed by atoms with Crippen molar-refractivity contribution in [2.45, 2.75) is 37.5 Å². The molecule has 1 aromatic rings. The van der Waals surface area contributed by atoms with Gasteiger partial charge in [0.05, 0.1) is 20.8 Å². The zero-order chi connectivity index (χ0) is 18.8. The molecule has 1 fully saturated rings. The average Bonchev–Trinajstić information content (AvgIpc) is 2.70. The van der Waals surface area contributed by atoms with Gasteiger partial charge in [0.2, 0.25) is 0 Å². The SMILES string of the molecule is CN=C(NCCOC)NCC1(c2ccc(OC)c(OC)c2)CCCCC1. The summed E-state index contributed by atoms with van der Waals surface area (Å²) in [5.74, 6) is 2.37. The van der Waals surface area contributed by atoms with Gasteiger partial charge in [-0.05, 0) is 30.5 Å². The van der Waals surface area contributed by atoms with Crippen LogP contribution in [0.25, 0.3) is 0 Å². The molecule has 0 radical (unpaired) electrons. The van der Waals surface area contributed by atoms with E-state index in [4.69, 9.17) is 14.2 Å². The van der Waals surface area contributed by atoms with Crippen LogP contribution in [-0.2, 0) is 10.2 Å². The molecule has 2 rings (SSSR count). The van der Waals surface area contributed by atoms with E-state index in [1.54, 1.807) is 28.4 Å².